The lowest BCUT2D eigenvalue weighted by Crippen LogP contribution is -2.28. The highest BCUT2D eigenvalue weighted by molar-refractivity contribution is 6.30. The second-order valence-corrected chi connectivity index (χ2v) is 5.79. The third-order valence-corrected chi connectivity index (χ3v) is 4.26. The fourth-order valence-electron chi connectivity index (χ4n) is 2.90. The zero-order valence-corrected chi connectivity index (χ0v) is 12.5. The fourth-order valence-corrected chi connectivity index (χ4v) is 3.03. The topological polar surface area (TPSA) is 55.6 Å². The van der Waals surface area contributed by atoms with Crippen LogP contribution in [0.4, 0.5) is 5.95 Å². The predicted octanol–water partition coefficient (Wildman–Crippen LogP) is 3.47. The highest BCUT2D eigenvalue weighted by atomic mass is 35.5. The first-order valence-electron chi connectivity index (χ1n) is 7.16. The van der Waals surface area contributed by atoms with Gasteiger partial charge in [0.1, 0.15) is 0 Å². The van der Waals surface area contributed by atoms with Crippen LogP contribution in [0.25, 0.3) is 0 Å². The molecule has 0 spiro atoms. The zero-order valence-electron chi connectivity index (χ0n) is 11.7. The number of fused-ring (bicyclic) bond motifs is 1. The van der Waals surface area contributed by atoms with Crippen LogP contribution in [0.2, 0.25) is 5.02 Å². The quantitative estimate of drug-likeness (QED) is 0.787. The number of benzene rings is 2. The molecule has 1 aromatic heterocycles. The second-order valence-electron chi connectivity index (χ2n) is 5.36. The number of anilines is 1. The van der Waals surface area contributed by atoms with Crippen LogP contribution >= 0.6 is 11.6 Å². The van der Waals surface area contributed by atoms with E-state index in [2.05, 4.69) is 33.0 Å². The molecule has 2 atom stereocenters. The molecule has 0 bridgehead atoms. The largest absolute Gasteiger partial charge is 0.346 e. The minimum atomic E-state index is 0.0914. The van der Waals surface area contributed by atoms with Crippen molar-refractivity contribution in [2.45, 2.75) is 18.5 Å². The van der Waals surface area contributed by atoms with Gasteiger partial charge in [-0.1, -0.05) is 59.2 Å². The number of rotatable bonds is 2. The van der Waals surface area contributed by atoms with E-state index in [4.69, 9.17) is 11.6 Å². The molecular weight excluding hydrogens is 298 g/mol. The van der Waals surface area contributed by atoms with Crippen LogP contribution in [0.3, 0.4) is 0 Å². The molecule has 2 aromatic carbocycles. The molecule has 0 unspecified atom stereocenters. The summed E-state index contributed by atoms with van der Waals surface area (Å²) in [4.78, 5) is 0. The number of aromatic nitrogens is 4. The summed E-state index contributed by atoms with van der Waals surface area (Å²) in [5.74, 6) is 0.694. The van der Waals surface area contributed by atoms with Gasteiger partial charge in [0.05, 0.1) is 12.1 Å². The van der Waals surface area contributed by atoms with Crippen LogP contribution in [0, 0.1) is 0 Å². The number of nitrogens with one attached hydrogen (secondary N) is 1. The first kappa shape index (κ1) is 13.3. The Morgan fingerprint density at radius 2 is 1.77 bits per heavy atom. The zero-order chi connectivity index (χ0) is 14.9. The number of nitrogens with zero attached hydrogens (tertiary/aromatic N) is 4. The lowest BCUT2D eigenvalue weighted by molar-refractivity contribution is 0.424. The first-order chi connectivity index (χ1) is 10.8. The second kappa shape index (κ2) is 5.42. The van der Waals surface area contributed by atoms with Gasteiger partial charge in [0.25, 0.3) is 0 Å². The van der Waals surface area contributed by atoms with Gasteiger partial charge in [-0.3, -0.25) is 0 Å². The highest BCUT2D eigenvalue weighted by Crippen LogP contribution is 2.37. The number of hydrogen-bond donors (Lipinski definition) is 1. The summed E-state index contributed by atoms with van der Waals surface area (Å²) in [6.07, 6.45) is 0.879. The summed E-state index contributed by atoms with van der Waals surface area (Å²) < 4.78 is 1.84. The molecule has 2 heterocycles. The van der Waals surface area contributed by atoms with Crippen LogP contribution in [0.1, 0.15) is 29.6 Å². The Labute approximate surface area is 132 Å². The van der Waals surface area contributed by atoms with Crippen molar-refractivity contribution < 1.29 is 0 Å². The van der Waals surface area contributed by atoms with Crippen molar-refractivity contribution in [3.05, 3.63) is 70.7 Å². The standard InChI is InChI=1S/C16H14ClN5/c17-13-8-6-12(7-9-13)15-10-14(11-4-2-1-3-5-11)18-16-19-20-21-22(15)16/h1-9,14-15H,10H2,(H,18,19,21)/t14-,15-/m0/s1. The maximum absolute atomic E-state index is 5.99. The Bertz CT molecular complexity index is 769. The SMILES string of the molecule is Clc1ccc([C@@H]2C[C@@H](c3ccccc3)Nc3nnnn32)cc1. The van der Waals surface area contributed by atoms with Gasteiger partial charge in [-0.05, 0) is 40.1 Å². The van der Waals surface area contributed by atoms with Crippen molar-refractivity contribution >= 4 is 17.5 Å². The number of tetrazole rings is 1. The summed E-state index contributed by atoms with van der Waals surface area (Å²) in [7, 11) is 0. The third-order valence-electron chi connectivity index (χ3n) is 4.01. The molecule has 0 fully saturated rings. The molecule has 1 aliphatic heterocycles. The van der Waals surface area contributed by atoms with Crippen molar-refractivity contribution in [2.75, 3.05) is 5.32 Å². The van der Waals surface area contributed by atoms with Crippen LogP contribution < -0.4 is 5.32 Å². The van der Waals surface area contributed by atoms with E-state index in [9.17, 15) is 0 Å². The van der Waals surface area contributed by atoms with Gasteiger partial charge in [0.2, 0.25) is 5.95 Å². The minimum absolute atomic E-state index is 0.0914. The average Bonchev–Trinajstić information content (AvgIpc) is 3.04. The van der Waals surface area contributed by atoms with Gasteiger partial charge >= 0.3 is 0 Å². The van der Waals surface area contributed by atoms with E-state index in [0.717, 1.165) is 17.0 Å². The molecule has 5 nitrogen and oxygen atoms in total. The van der Waals surface area contributed by atoms with Crippen molar-refractivity contribution in [1.29, 1.82) is 0 Å². The van der Waals surface area contributed by atoms with Gasteiger partial charge in [-0.15, -0.1) is 0 Å². The molecule has 4 rings (SSSR count). The van der Waals surface area contributed by atoms with Crippen LogP contribution in [0.15, 0.2) is 54.6 Å². The summed E-state index contributed by atoms with van der Waals surface area (Å²) in [6.45, 7) is 0. The van der Waals surface area contributed by atoms with Gasteiger partial charge < -0.3 is 5.32 Å². The molecule has 0 aliphatic carbocycles. The summed E-state index contributed by atoms with van der Waals surface area (Å²) in [5, 5.41) is 16.2. The summed E-state index contributed by atoms with van der Waals surface area (Å²) >= 11 is 5.99. The normalized spacial score (nSPS) is 20.2. The van der Waals surface area contributed by atoms with Crippen molar-refractivity contribution in [3.8, 4) is 0 Å². The molecule has 0 saturated heterocycles. The Kier molecular flexibility index (Phi) is 3.27. The van der Waals surface area contributed by atoms with Gasteiger partial charge in [0.15, 0.2) is 0 Å². The maximum atomic E-state index is 5.99. The molecular formula is C16H14ClN5. The fraction of sp³-hybridized carbons (Fsp3) is 0.188. The Hall–Kier alpha value is -2.40. The van der Waals surface area contributed by atoms with Gasteiger partial charge in [-0.25, -0.2) is 4.68 Å². The Morgan fingerprint density at radius 3 is 2.55 bits per heavy atom. The first-order valence-corrected chi connectivity index (χ1v) is 7.54. The van der Waals surface area contributed by atoms with Crippen LogP contribution in [-0.2, 0) is 0 Å². The van der Waals surface area contributed by atoms with E-state index < -0.39 is 0 Å². The molecule has 1 aliphatic rings. The van der Waals surface area contributed by atoms with Crippen LogP contribution in [-0.4, -0.2) is 20.2 Å². The molecule has 6 heteroatoms. The Morgan fingerprint density at radius 1 is 1.00 bits per heavy atom. The predicted molar refractivity (Wildman–Crippen MR) is 84.8 cm³/mol. The maximum Gasteiger partial charge on any atom is 0.243 e. The van der Waals surface area contributed by atoms with Crippen LogP contribution in [0.5, 0.6) is 0 Å². The molecule has 0 amide bonds. The molecule has 110 valence electrons. The van der Waals surface area contributed by atoms with Gasteiger partial charge in [-0.2, -0.15) is 0 Å². The minimum Gasteiger partial charge on any atom is -0.346 e. The number of hydrogen-bond acceptors (Lipinski definition) is 4. The number of halogens is 1. The lowest BCUT2D eigenvalue weighted by atomic mass is 9.93. The Balaban J connectivity index is 1.73. The van der Waals surface area contributed by atoms with Crippen molar-refractivity contribution in [1.82, 2.24) is 20.2 Å². The molecule has 0 saturated carbocycles. The van der Waals surface area contributed by atoms with E-state index in [1.807, 2.05) is 47.1 Å². The van der Waals surface area contributed by atoms with E-state index in [1.54, 1.807) is 0 Å². The molecule has 1 N–H and O–H groups in total. The molecule has 0 radical (unpaired) electrons. The molecule has 22 heavy (non-hydrogen) atoms. The molecule has 3 aromatic rings. The summed E-state index contributed by atoms with van der Waals surface area (Å²) in [5.41, 5.74) is 2.39. The van der Waals surface area contributed by atoms with Gasteiger partial charge in [0, 0.05) is 5.02 Å². The third kappa shape index (κ3) is 2.33. The summed E-state index contributed by atoms with van der Waals surface area (Å²) in [6, 6.07) is 18.5. The van der Waals surface area contributed by atoms with E-state index in [-0.39, 0.29) is 12.1 Å². The van der Waals surface area contributed by atoms with E-state index >= 15 is 0 Å². The highest BCUT2D eigenvalue weighted by Gasteiger charge is 2.30. The van der Waals surface area contributed by atoms with Crippen molar-refractivity contribution in [2.24, 2.45) is 0 Å². The average molecular weight is 312 g/mol. The van der Waals surface area contributed by atoms with E-state index in [1.165, 1.54) is 5.56 Å². The monoisotopic (exact) mass is 311 g/mol. The lowest BCUT2D eigenvalue weighted by Gasteiger charge is -2.31. The van der Waals surface area contributed by atoms with Crippen molar-refractivity contribution in [3.63, 3.8) is 0 Å². The smallest absolute Gasteiger partial charge is 0.243 e. The van der Waals surface area contributed by atoms with E-state index in [0.29, 0.717) is 5.95 Å².